The van der Waals surface area contributed by atoms with Crippen LogP contribution >= 0.6 is 11.6 Å². The molecule has 0 saturated heterocycles. The van der Waals surface area contributed by atoms with Crippen LogP contribution in [0.3, 0.4) is 0 Å². The van der Waals surface area contributed by atoms with E-state index in [1.807, 2.05) is 12.1 Å². The SMILES string of the molecule is Cc1ccc2[nH+]c(Cl)c(-c3ccccc3C)cc2c1. The minimum Gasteiger partial charge on any atom is -0.194 e. The lowest BCUT2D eigenvalue weighted by Gasteiger charge is -2.06. The lowest BCUT2D eigenvalue weighted by atomic mass is 10.0. The molecule has 1 aromatic heterocycles. The summed E-state index contributed by atoms with van der Waals surface area (Å²) < 4.78 is 0. The molecule has 3 rings (SSSR count). The van der Waals surface area contributed by atoms with Gasteiger partial charge < -0.3 is 0 Å². The van der Waals surface area contributed by atoms with Gasteiger partial charge in [0.25, 0.3) is 5.15 Å². The highest BCUT2D eigenvalue weighted by molar-refractivity contribution is 6.31. The van der Waals surface area contributed by atoms with Crippen LogP contribution in [0.2, 0.25) is 5.15 Å². The third kappa shape index (κ3) is 2.22. The minimum absolute atomic E-state index is 0.686. The number of aryl methyl sites for hydroxylation is 2. The van der Waals surface area contributed by atoms with Gasteiger partial charge in [-0.25, -0.2) is 0 Å². The van der Waals surface area contributed by atoms with Gasteiger partial charge in [0.1, 0.15) is 0 Å². The van der Waals surface area contributed by atoms with Gasteiger partial charge in [0.2, 0.25) is 5.52 Å². The molecule has 0 saturated carbocycles. The average molecular weight is 269 g/mol. The van der Waals surface area contributed by atoms with E-state index in [9.17, 15) is 0 Å². The molecule has 0 radical (unpaired) electrons. The Labute approximate surface area is 117 Å². The van der Waals surface area contributed by atoms with Crippen LogP contribution < -0.4 is 4.98 Å². The highest BCUT2D eigenvalue weighted by Gasteiger charge is 2.14. The largest absolute Gasteiger partial charge is 0.281 e. The molecule has 19 heavy (non-hydrogen) atoms. The summed E-state index contributed by atoms with van der Waals surface area (Å²) >= 11 is 6.39. The van der Waals surface area contributed by atoms with Crippen LogP contribution in [0.4, 0.5) is 0 Å². The van der Waals surface area contributed by atoms with Crippen molar-refractivity contribution in [3.8, 4) is 11.1 Å². The van der Waals surface area contributed by atoms with Crippen molar-refractivity contribution in [3.63, 3.8) is 0 Å². The molecule has 2 aromatic carbocycles. The standard InChI is InChI=1S/C17H14ClN/c1-11-7-8-16-13(9-11)10-15(17(18)19-16)14-6-4-3-5-12(14)2/h3-10H,1-2H3/p+1. The fraction of sp³-hybridized carbons (Fsp3) is 0.118. The lowest BCUT2D eigenvalue weighted by Crippen LogP contribution is -2.07. The molecular formula is C17H15ClN+. The first-order chi connectivity index (χ1) is 9.15. The molecule has 0 amide bonds. The zero-order valence-electron chi connectivity index (χ0n) is 11.0. The fourth-order valence-electron chi connectivity index (χ4n) is 2.39. The maximum atomic E-state index is 6.39. The summed E-state index contributed by atoms with van der Waals surface area (Å²) in [7, 11) is 0. The second-order valence-corrected chi connectivity index (χ2v) is 5.28. The smallest absolute Gasteiger partial charge is 0.194 e. The molecule has 1 nitrogen and oxygen atoms in total. The summed E-state index contributed by atoms with van der Waals surface area (Å²) in [5.74, 6) is 0. The number of rotatable bonds is 1. The Hall–Kier alpha value is -1.86. The van der Waals surface area contributed by atoms with Crippen LogP contribution in [0.15, 0.2) is 48.5 Å². The maximum absolute atomic E-state index is 6.39. The number of aromatic amines is 1. The summed E-state index contributed by atoms with van der Waals surface area (Å²) in [4.78, 5) is 3.28. The van der Waals surface area contributed by atoms with Gasteiger partial charge in [0, 0.05) is 11.5 Å². The van der Waals surface area contributed by atoms with Gasteiger partial charge in [-0.05, 0) is 48.7 Å². The zero-order chi connectivity index (χ0) is 13.4. The van der Waals surface area contributed by atoms with Crippen molar-refractivity contribution in [2.24, 2.45) is 0 Å². The zero-order valence-corrected chi connectivity index (χ0v) is 11.8. The fourth-order valence-corrected chi connectivity index (χ4v) is 2.65. The van der Waals surface area contributed by atoms with E-state index in [0.29, 0.717) is 5.15 Å². The molecule has 0 fully saturated rings. The second kappa shape index (κ2) is 4.67. The number of H-pyrrole nitrogens is 1. The monoisotopic (exact) mass is 268 g/mol. The summed E-state index contributed by atoms with van der Waals surface area (Å²) in [6.07, 6.45) is 0. The number of fused-ring (bicyclic) bond motifs is 1. The molecule has 0 bridgehead atoms. The molecule has 1 N–H and O–H groups in total. The average Bonchev–Trinajstić information content (AvgIpc) is 2.39. The second-order valence-electron chi connectivity index (χ2n) is 4.90. The molecular weight excluding hydrogens is 254 g/mol. The number of hydrogen-bond acceptors (Lipinski definition) is 0. The summed E-state index contributed by atoms with van der Waals surface area (Å²) in [6.45, 7) is 4.20. The number of nitrogens with one attached hydrogen (secondary N) is 1. The lowest BCUT2D eigenvalue weighted by molar-refractivity contribution is -0.341. The Bertz CT molecular complexity index is 762. The van der Waals surface area contributed by atoms with Crippen molar-refractivity contribution in [1.29, 1.82) is 0 Å². The predicted molar refractivity (Wildman–Crippen MR) is 80.4 cm³/mol. The van der Waals surface area contributed by atoms with E-state index in [2.05, 4.69) is 55.2 Å². The topological polar surface area (TPSA) is 14.1 Å². The summed E-state index contributed by atoms with van der Waals surface area (Å²) in [5, 5.41) is 1.87. The molecule has 3 aromatic rings. The first-order valence-corrected chi connectivity index (χ1v) is 6.71. The maximum Gasteiger partial charge on any atom is 0.281 e. The van der Waals surface area contributed by atoms with Crippen molar-refractivity contribution in [2.75, 3.05) is 0 Å². The van der Waals surface area contributed by atoms with Crippen LogP contribution in [0.5, 0.6) is 0 Å². The van der Waals surface area contributed by atoms with Crippen LogP contribution in [0, 0.1) is 13.8 Å². The van der Waals surface area contributed by atoms with Crippen LogP contribution in [-0.2, 0) is 0 Å². The Morgan fingerprint density at radius 1 is 0.895 bits per heavy atom. The Kier molecular flexibility index (Phi) is 3.00. The van der Waals surface area contributed by atoms with E-state index in [4.69, 9.17) is 11.6 Å². The minimum atomic E-state index is 0.686. The molecule has 0 unspecified atom stereocenters. The number of benzene rings is 2. The number of aromatic nitrogens is 1. The van der Waals surface area contributed by atoms with Gasteiger partial charge in [-0.2, -0.15) is 4.98 Å². The predicted octanol–water partition coefficient (Wildman–Crippen LogP) is 4.59. The van der Waals surface area contributed by atoms with Crippen LogP contribution in [-0.4, -0.2) is 0 Å². The Morgan fingerprint density at radius 2 is 1.68 bits per heavy atom. The molecule has 0 aliphatic rings. The first kappa shape index (κ1) is 12.2. The van der Waals surface area contributed by atoms with E-state index in [0.717, 1.165) is 11.1 Å². The van der Waals surface area contributed by atoms with Crippen molar-refractivity contribution < 1.29 is 4.98 Å². The Morgan fingerprint density at radius 3 is 2.47 bits per heavy atom. The molecule has 0 aliphatic carbocycles. The van der Waals surface area contributed by atoms with Gasteiger partial charge in [-0.3, -0.25) is 0 Å². The van der Waals surface area contributed by atoms with Gasteiger partial charge in [-0.15, -0.1) is 0 Å². The molecule has 0 spiro atoms. The van der Waals surface area contributed by atoms with Crippen LogP contribution in [0.1, 0.15) is 11.1 Å². The normalized spacial score (nSPS) is 10.9. The van der Waals surface area contributed by atoms with Gasteiger partial charge in [0.15, 0.2) is 0 Å². The van der Waals surface area contributed by atoms with E-state index in [-0.39, 0.29) is 0 Å². The van der Waals surface area contributed by atoms with E-state index < -0.39 is 0 Å². The number of halogens is 1. The molecule has 94 valence electrons. The van der Waals surface area contributed by atoms with Crippen molar-refractivity contribution in [2.45, 2.75) is 13.8 Å². The third-order valence-electron chi connectivity index (χ3n) is 3.42. The molecule has 2 heteroatoms. The molecule has 1 heterocycles. The van der Waals surface area contributed by atoms with Gasteiger partial charge >= 0.3 is 0 Å². The highest BCUT2D eigenvalue weighted by atomic mass is 35.5. The number of pyridine rings is 1. The molecule has 0 aliphatic heterocycles. The van der Waals surface area contributed by atoms with Gasteiger partial charge in [-0.1, -0.05) is 35.9 Å². The molecule has 0 atom stereocenters. The van der Waals surface area contributed by atoms with E-state index in [1.165, 1.54) is 22.1 Å². The highest BCUT2D eigenvalue weighted by Crippen LogP contribution is 2.30. The third-order valence-corrected chi connectivity index (χ3v) is 3.72. The van der Waals surface area contributed by atoms with Crippen molar-refractivity contribution in [1.82, 2.24) is 0 Å². The van der Waals surface area contributed by atoms with Gasteiger partial charge in [0.05, 0.1) is 5.56 Å². The van der Waals surface area contributed by atoms with Crippen LogP contribution in [0.25, 0.3) is 22.0 Å². The summed E-state index contributed by atoms with van der Waals surface area (Å²) in [6, 6.07) is 16.8. The van der Waals surface area contributed by atoms with E-state index >= 15 is 0 Å². The number of hydrogen-bond donors (Lipinski definition) is 0. The summed E-state index contributed by atoms with van der Waals surface area (Å²) in [5.41, 5.74) is 5.77. The Balaban J connectivity index is 2.30. The quantitative estimate of drug-likeness (QED) is 0.573. The van der Waals surface area contributed by atoms with E-state index in [1.54, 1.807) is 0 Å². The van der Waals surface area contributed by atoms with Crippen molar-refractivity contribution >= 4 is 22.5 Å². The van der Waals surface area contributed by atoms with Crippen molar-refractivity contribution in [3.05, 3.63) is 64.8 Å². The first-order valence-electron chi connectivity index (χ1n) is 6.33.